The summed E-state index contributed by atoms with van der Waals surface area (Å²) in [4.78, 5) is 0. The number of hydrogen-bond donors (Lipinski definition) is 0. The molecule has 0 unspecified atom stereocenters. The second-order valence-electron chi connectivity index (χ2n) is 1.92. The first-order valence-corrected chi connectivity index (χ1v) is 5.54. The van der Waals surface area contributed by atoms with Crippen molar-refractivity contribution in [2.24, 2.45) is 0 Å². The van der Waals surface area contributed by atoms with Gasteiger partial charge in [0, 0.05) is 17.3 Å². The van der Waals surface area contributed by atoms with Gasteiger partial charge in [-0.25, -0.2) is 8.42 Å². The fraction of sp³-hybridized carbons (Fsp3) is 1.00. The summed E-state index contributed by atoms with van der Waals surface area (Å²) in [6.07, 6.45) is 1.86. The zero-order valence-corrected chi connectivity index (χ0v) is 7.41. The van der Waals surface area contributed by atoms with E-state index < -0.39 is 9.05 Å². The van der Waals surface area contributed by atoms with Crippen molar-refractivity contribution < 1.29 is 13.2 Å². The Balaban J connectivity index is 3.21. The van der Waals surface area contributed by atoms with Crippen LogP contribution >= 0.6 is 10.7 Å². The summed E-state index contributed by atoms with van der Waals surface area (Å²) in [5.74, 6) is -0.380. The zero-order chi connectivity index (χ0) is 8.04. The van der Waals surface area contributed by atoms with E-state index in [0.717, 1.165) is 12.8 Å². The molecule has 3 nitrogen and oxygen atoms in total. The first-order valence-electron chi connectivity index (χ1n) is 3.06. The Labute approximate surface area is 65.7 Å². The van der Waals surface area contributed by atoms with Crippen LogP contribution in [0.2, 0.25) is 0 Å². The maximum atomic E-state index is 10.2. The predicted molar refractivity (Wildman–Crippen MR) is 40.5 cm³/mol. The monoisotopic (exact) mass is 186 g/mol. The van der Waals surface area contributed by atoms with Crippen molar-refractivity contribution in [3.05, 3.63) is 0 Å². The molecular weight excluding hydrogens is 176 g/mol. The van der Waals surface area contributed by atoms with Crippen LogP contribution in [0.1, 0.15) is 19.8 Å². The van der Waals surface area contributed by atoms with Gasteiger partial charge in [0.25, 0.3) is 9.05 Å². The van der Waals surface area contributed by atoms with Gasteiger partial charge in [-0.05, 0) is 6.42 Å². The molecule has 62 valence electrons. The molecule has 0 N–H and O–H groups in total. The molecule has 0 aliphatic rings. The normalized spacial score (nSPS) is 11.8. The van der Waals surface area contributed by atoms with Crippen LogP contribution in [0, 0.1) is 0 Å². The van der Waals surface area contributed by atoms with Crippen LogP contribution in [0.3, 0.4) is 0 Å². The molecule has 0 radical (unpaired) electrons. The average molecular weight is 187 g/mol. The highest BCUT2D eigenvalue weighted by Gasteiger charge is 2.02. The minimum absolute atomic E-state index is 0.380. The van der Waals surface area contributed by atoms with Gasteiger partial charge < -0.3 is 4.74 Å². The van der Waals surface area contributed by atoms with Crippen molar-refractivity contribution in [1.29, 1.82) is 0 Å². The van der Waals surface area contributed by atoms with Crippen LogP contribution in [-0.4, -0.2) is 21.0 Å². The van der Waals surface area contributed by atoms with E-state index in [-0.39, 0.29) is 5.94 Å². The number of halogens is 1. The van der Waals surface area contributed by atoms with Crippen LogP contribution in [0.5, 0.6) is 0 Å². The van der Waals surface area contributed by atoms with Gasteiger partial charge >= 0.3 is 0 Å². The second-order valence-corrected chi connectivity index (χ2v) is 4.64. The van der Waals surface area contributed by atoms with Gasteiger partial charge in [-0.15, -0.1) is 0 Å². The lowest BCUT2D eigenvalue weighted by Crippen LogP contribution is -2.03. The summed E-state index contributed by atoms with van der Waals surface area (Å²) in [6.45, 7) is 2.46. The van der Waals surface area contributed by atoms with Gasteiger partial charge in [0.1, 0.15) is 0 Å². The summed E-state index contributed by atoms with van der Waals surface area (Å²) in [6, 6.07) is 0. The van der Waals surface area contributed by atoms with E-state index in [1.54, 1.807) is 0 Å². The standard InChI is InChI=1S/C5H11ClO3S/c1-2-3-4-9-5-10(6,7)8/h2-5H2,1H3. The van der Waals surface area contributed by atoms with Crippen molar-refractivity contribution in [1.82, 2.24) is 0 Å². The lowest BCUT2D eigenvalue weighted by molar-refractivity contribution is 0.174. The van der Waals surface area contributed by atoms with Crippen molar-refractivity contribution in [2.75, 3.05) is 12.5 Å². The van der Waals surface area contributed by atoms with Crippen LogP contribution in [-0.2, 0) is 13.8 Å². The van der Waals surface area contributed by atoms with Gasteiger partial charge in [-0.2, -0.15) is 0 Å². The molecule has 0 aromatic heterocycles. The Morgan fingerprint density at radius 2 is 2.10 bits per heavy atom. The fourth-order valence-corrected chi connectivity index (χ4v) is 0.911. The lowest BCUT2D eigenvalue weighted by atomic mass is 10.4. The third-order valence-electron chi connectivity index (χ3n) is 0.866. The Hall–Kier alpha value is 0.200. The van der Waals surface area contributed by atoms with E-state index in [2.05, 4.69) is 0 Å². The maximum absolute atomic E-state index is 10.2. The fourth-order valence-electron chi connectivity index (χ4n) is 0.405. The molecular formula is C5H11ClO3S. The van der Waals surface area contributed by atoms with Gasteiger partial charge in [-0.3, -0.25) is 0 Å². The smallest absolute Gasteiger partial charge is 0.256 e. The SMILES string of the molecule is CCCCOCS(=O)(=O)Cl. The van der Waals surface area contributed by atoms with Gasteiger partial charge in [0.15, 0.2) is 5.94 Å². The van der Waals surface area contributed by atoms with E-state index in [1.165, 1.54) is 0 Å². The Morgan fingerprint density at radius 1 is 1.50 bits per heavy atom. The molecule has 0 saturated carbocycles. The van der Waals surface area contributed by atoms with Crippen LogP contribution in [0.25, 0.3) is 0 Å². The summed E-state index contributed by atoms with van der Waals surface area (Å²) in [7, 11) is 1.40. The third-order valence-corrected chi connectivity index (χ3v) is 1.58. The highest BCUT2D eigenvalue weighted by molar-refractivity contribution is 8.13. The molecule has 0 rings (SSSR count). The zero-order valence-electron chi connectivity index (χ0n) is 5.84. The van der Waals surface area contributed by atoms with Crippen molar-refractivity contribution in [3.8, 4) is 0 Å². The minimum Gasteiger partial charge on any atom is -0.364 e. The second kappa shape index (κ2) is 4.93. The molecule has 10 heavy (non-hydrogen) atoms. The molecule has 0 atom stereocenters. The highest BCUT2D eigenvalue weighted by Crippen LogP contribution is 1.97. The molecule has 5 heteroatoms. The summed E-state index contributed by atoms with van der Waals surface area (Å²) in [5.41, 5.74) is 0. The number of rotatable bonds is 5. The quantitative estimate of drug-likeness (QED) is 0.481. The molecule has 0 aromatic rings. The molecule has 0 aliphatic carbocycles. The van der Waals surface area contributed by atoms with Gasteiger partial charge in [0.2, 0.25) is 0 Å². The first kappa shape index (κ1) is 10.2. The Kier molecular flexibility index (Phi) is 5.03. The molecule has 0 spiro atoms. The van der Waals surface area contributed by atoms with Gasteiger partial charge in [-0.1, -0.05) is 13.3 Å². The molecule has 0 aliphatic heterocycles. The van der Waals surface area contributed by atoms with Crippen LogP contribution in [0.4, 0.5) is 0 Å². The molecule has 0 bridgehead atoms. The largest absolute Gasteiger partial charge is 0.364 e. The minimum atomic E-state index is -3.45. The number of hydrogen-bond acceptors (Lipinski definition) is 3. The first-order chi connectivity index (χ1) is 4.56. The molecule has 0 saturated heterocycles. The van der Waals surface area contributed by atoms with E-state index in [1.807, 2.05) is 6.92 Å². The predicted octanol–water partition coefficient (Wildman–Crippen LogP) is 1.33. The maximum Gasteiger partial charge on any atom is 0.256 e. The Bertz CT molecular complexity index is 164. The number of unbranched alkanes of at least 4 members (excludes halogenated alkanes) is 1. The summed E-state index contributed by atoms with van der Waals surface area (Å²) in [5, 5.41) is 0. The molecule has 0 heterocycles. The Morgan fingerprint density at radius 3 is 2.50 bits per heavy atom. The van der Waals surface area contributed by atoms with Crippen LogP contribution in [0.15, 0.2) is 0 Å². The van der Waals surface area contributed by atoms with Crippen LogP contribution < -0.4 is 0 Å². The summed E-state index contributed by atoms with van der Waals surface area (Å²) >= 11 is 0. The molecule has 0 amide bonds. The van der Waals surface area contributed by atoms with E-state index in [9.17, 15) is 8.42 Å². The van der Waals surface area contributed by atoms with Crippen molar-refractivity contribution in [2.45, 2.75) is 19.8 Å². The topological polar surface area (TPSA) is 43.4 Å². The van der Waals surface area contributed by atoms with Gasteiger partial charge in [0.05, 0.1) is 0 Å². The van der Waals surface area contributed by atoms with Crippen molar-refractivity contribution in [3.63, 3.8) is 0 Å². The molecule has 0 aromatic carbocycles. The highest BCUT2D eigenvalue weighted by atomic mass is 35.7. The lowest BCUT2D eigenvalue weighted by Gasteiger charge is -1.97. The van der Waals surface area contributed by atoms with E-state index in [0.29, 0.717) is 6.61 Å². The van der Waals surface area contributed by atoms with E-state index >= 15 is 0 Å². The van der Waals surface area contributed by atoms with E-state index in [4.69, 9.17) is 15.4 Å². The van der Waals surface area contributed by atoms with Crippen molar-refractivity contribution >= 4 is 19.7 Å². The third kappa shape index (κ3) is 8.20. The summed E-state index contributed by atoms with van der Waals surface area (Å²) < 4.78 is 25.2. The average Bonchev–Trinajstić information content (AvgIpc) is 1.78. The number of ether oxygens (including phenoxy) is 1. The molecule has 0 fully saturated rings.